The largest absolute Gasteiger partial charge is 0.500 e. The van der Waals surface area contributed by atoms with Crippen LogP contribution in [-0.4, -0.2) is 78.9 Å². The van der Waals surface area contributed by atoms with Gasteiger partial charge in [0.2, 0.25) is 9.84 Å². The van der Waals surface area contributed by atoms with E-state index < -0.39 is 27.4 Å². The van der Waals surface area contributed by atoms with Crippen LogP contribution < -0.4 is 9.47 Å². The Morgan fingerprint density at radius 2 is 0.770 bits per heavy atom. The first kappa shape index (κ1) is 50.3. The fraction of sp³-hybridized carbons (Fsp3) is 0.500. The van der Waals surface area contributed by atoms with Gasteiger partial charge in [-0.15, -0.1) is 0 Å². The molecule has 4 rings (SSSR count). The molecule has 336 valence electrons. The molecule has 0 amide bonds. The van der Waals surface area contributed by atoms with E-state index >= 15 is 0 Å². The second-order valence-corrected chi connectivity index (χ2v) is 22.3. The van der Waals surface area contributed by atoms with Crippen molar-refractivity contribution in [3.05, 3.63) is 118 Å². The highest BCUT2D eigenvalue weighted by molar-refractivity contribution is 7.91. The summed E-state index contributed by atoms with van der Waals surface area (Å²) in [6.45, 7) is 20.0. The molecule has 0 heterocycles. The Labute approximate surface area is 368 Å². The van der Waals surface area contributed by atoms with Crippen molar-refractivity contribution in [2.24, 2.45) is 0 Å². The zero-order chi connectivity index (χ0) is 44.1. The van der Waals surface area contributed by atoms with Gasteiger partial charge in [0.05, 0.1) is 23.0 Å². The first-order valence-electron chi connectivity index (χ1n) is 22.2. The number of aryl methyl sites for hydroxylation is 2. The van der Waals surface area contributed by atoms with Gasteiger partial charge in [-0.05, 0) is 153 Å². The minimum atomic E-state index is -4.00. The van der Waals surface area contributed by atoms with Gasteiger partial charge in [-0.1, -0.05) is 59.7 Å². The van der Waals surface area contributed by atoms with Crippen LogP contribution in [0.1, 0.15) is 101 Å². The van der Waals surface area contributed by atoms with Gasteiger partial charge >= 0.3 is 17.6 Å². The maximum Gasteiger partial charge on any atom is 0.500 e. The molecule has 0 spiro atoms. The maximum absolute atomic E-state index is 14.9. The normalized spacial score (nSPS) is 12.2. The first-order chi connectivity index (χ1) is 29.5. The van der Waals surface area contributed by atoms with E-state index in [4.69, 9.17) is 36.0 Å². The van der Waals surface area contributed by atoms with E-state index in [1.54, 1.807) is 24.3 Å². The molecule has 0 saturated heterocycles. The Hall–Kier alpha value is -3.38. The van der Waals surface area contributed by atoms with E-state index in [0.29, 0.717) is 100 Å². The van der Waals surface area contributed by atoms with Crippen molar-refractivity contribution in [2.45, 2.75) is 116 Å². The number of ether oxygens (including phenoxy) is 2. The Morgan fingerprint density at radius 1 is 0.443 bits per heavy atom. The first-order valence-corrected chi connectivity index (χ1v) is 27.5. The van der Waals surface area contributed by atoms with E-state index in [-0.39, 0.29) is 9.79 Å². The van der Waals surface area contributed by atoms with Crippen LogP contribution in [-0.2, 0) is 49.2 Å². The molecule has 0 aliphatic rings. The van der Waals surface area contributed by atoms with Crippen molar-refractivity contribution in [2.75, 3.05) is 52.9 Å². The molecule has 13 heteroatoms. The van der Waals surface area contributed by atoms with Gasteiger partial charge in [0.15, 0.2) is 0 Å². The number of hydrogen-bond acceptors (Lipinski definition) is 10. The summed E-state index contributed by atoms with van der Waals surface area (Å²) in [5.41, 5.74) is 5.64. The molecule has 0 aromatic heterocycles. The molecule has 0 radical (unpaired) electrons. The van der Waals surface area contributed by atoms with Crippen LogP contribution in [0, 0.1) is 13.8 Å². The summed E-state index contributed by atoms with van der Waals surface area (Å²) >= 11 is 0. The standard InChI is InChI=1S/C48H70O10SSi2/c1-9-53-60(54-10-2,55-11-3)33-17-15-31-51-45-27-29-47(43(37-45)35-41-23-19-39(7)20-24-41)59(49,50)48-30-28-46(38-44(48)36-42-25-21-40(8)22-26-42)52-32-16-18-34-61(56-12-4,57-13-5)58-14-6/h19-30,37-38H,9-18,31-36H2,1-8H3. The Kier molecular flexibility index (Phi) is 21.1. The van der Waals surface area contributed by atoms with E-state index in [9.17, 15) is 8.42 Å². The van der Waals surface area contributed by atoms with Gasteiger partial charge in [-0.25, -0.2) is 8.42 Å². The minimum Gasteiger partial charge on any atom is -0.494 e. The summed E-state index contributed by atoms with van der Waals surface area (Å²) in [5.74, 6) is 1.24. The van der Waals surface area contributed by atoms with E-state index in [1.807, 2.05) is 116 Å². The molecule has 0 aliphatic carbocycles. The maximum atomic E-state index is 14.9. The minimum absolute atomic E-state index is 0.255. The van der Waals surface area contributed by atoms with Crippen LogP contribution in [0.4, 0.5) is 0 Å². The average Bonchev–Trinajstić information content (AvgIpc) is 3.23. The molecule has 0 bridgehead atoms. The molecular formula is C48H70O10SSi2. The summed E-state index contributed by atoms with van der Waals surface area (Å²) in [6, 6.07) is 28.5. The van der Waals surface area contributed by atoms with Gasteiger partial charge in [0, 0.05) is 51.7 Å². The van der Waals surface area contributed by atoms with Crippen molar-refractivity contribution in [3.8, 4) is 11.5 Å². The third-order valence-electron chi connectivity index (χ3n) is 10.2. The molecule has 0 saturated carbocycles. The quantitative estimate of drug-likeness (QED) is 0.0371. The third-order valence-corrected chi connectivity index (χ3v) is 18.4. The molecule has 0 unspecified atom stereocenters. The summed E-state index contributed by atoms with van der Waals surface area (Å²) in [7, 11) is -9.49. The predicted molar refractivity (Wildman–Crippen MR) is 247 cm³/mol. The molecule has 4 aromatic rings. The number of benzene rings is 4. The van der Waals surface area contributed by atoms with Crippen molar-refractivity contribution < 1.29 is 44.4 Å². The summed E-state index contributed by atoms with van der Waals surface area (Å²) in [4.78, 5) is 0.511. The van der Waals surface area contributed by atoms with Crippen molar-refractivity contribution in [1.82, 2.24) is 0 Å². The van der Waals surface area contributed by atoms with Crippen LogP contribution in [0.15, 0.2) is 94.7 Å². The molecule has 0 fully saturated rings. The van der Waals surface area contributed by atoms with Gasteiger partial charge < -0.3 is 36.0 Å². The molecule has 4 aromatic carbocycles. The summed E-state index contributed by atoms with van der Waals surface area (Å²) in [6.07, 6.45) is 4.01. The highest BCUT2D eigenvalue weighted by Crippen LogP contribution is 2.34. The highest BCUT2D eigenvalue weighted by Gasteiger charge is 2.40. The van der Waals surface area contributed by atoms with Gasteiger partial charge in [-0.2, -0.15) is 0 Å². The van der Waals surface area contributed by atoms with Crippen LogP contribution in [0.3, 0.4) is 0 Å². The SMILES string of the molecule is CCO[Si](CCCCOc1ccc(S(=O)(=O)c2ccc(OCCCC[Si](OCC)(OCC)OCC)cc2Cc2ccc(C)cc2)c(Cc2ccc(C)cc2)c1)(OCC)OCC. The molecule has 0 N–H and O–H groups in total. The highest BCUT2D eigenvalue weighted by atomic mass is 32.2. The van der Waals surface area contributed by atoms with Crippen molar-refractivity contribution >= 4 is 27.4 Å². The van der Waals surface area contributed by atoms with Crippen molar-refractivity contribution in [3.63, 3.8) is 0 Å². The Balaban J connectivity index is 1.59. The number of rotatable bonds is 30. The van der Waals surface area contributed by atoms with Crippen LogP contribution >= 0.6 is 0 Å². The Morgan fingerprint density at radius 3 is 1.08 bits per heavy atom. The molecular weight excluding hydrogens is 825 g/mol. The lowest BCUT2D eigenvalue weighted by atomic mass is 10.0. The summed E-state index contributed by atoms with van der Waals surface area (Å²) < 4.78 is 78.6. The third kappa shape index (κ3) is 15.4. The second kappa shape index (κ2) is 25.7. The lowest BCUT2D eigenvalue weighted by molar-refractivity contribution is 0.0696. The monoisotopic (exact) mass is 894 g/mol. The zero-order valence-electron chi connectivity index (χ0n) is 37.9. The van der Waals surface area contributed by atoms with Crippen LogP contribution in [0.25, 0.3) is 0 Å². The lowest BCUT2D eigenvalue weighted by Gasteiger charge is -2.28. The molecule has 0 aliphatic heterocycles. The number of unbranched alkanes of at least 4 members (excludes halogenated alkanes) is 2. The van der Waals surface area contributed by atoms with Gasteiger partial charge in [0.25, 0.3) is 0 Å². The molecule has 0 atom stereocenters. The topological polar surface area (TPSA) is 108 Å². The van der Waals surface area contributed by atoms with Crippen molar-refractivity contribution in [1.29, 1.82) is 0 Å². The Bertz CT molecular complexity index is 1820. The van der Waals surface area contributed by atoms with E-state index in [2.05, 4.69) is 0 Å². The predicted octanol–water partition coefficient (Wildman–Crippen LogP) is 10.7. The smallest absolute Gasteiger partial charge is 0.494 e. The molecule has 10 nitrogen and oxygen atoms in total. The second-order valence-electron chi connectivity index (χ2n) is 14.9. The average molecular weight is 895 g/mol. The zero-order valence-corrected chi connectivity index (χ0v) is 40.7. The van der Waals surface area contributed by atoms with E-state index in [0.717, 1.165) is 47.9 Å². The van der Waals surface area contributed by atoms with E-state index in [1.165, 1.54) is 0 Å². The van der Waals surface area contributed by atoms with Gasteiger partial charge in [0.1, 0.15) is 11.5 Å². The van der Waals surface area contributed by atoms with Crippen LogP contribution in [0.5, 0.6) is 11.5 Å². The van der Waals surface area contributed by atoms with Crippen LogP contribution in [0.2, 0.25) is 12.1 Å². The summed E-state index contributed by atoms with van der Waals surface area (Å²) in [5, 5.41) is 0. The lowest BCUT2D eigenvalue weighted by Crippen LogP contribution is -2.45. The number of sulfone groups is 1. The number of hydrogen-bond donors (Lipinski definition) is 0. The fourth-order valence-corrected chi connectivity index (χ4v) is 14.4. The fourth-order valence-electron chi connectivity index (χ4n) is 7.33. The van der Waals surface area contributed by atoms with Gasteiger partial charge in [-0.3, -0.25) is 0 Å². The molecule has 61 heavy (non-hydrogen) atoms.